The Morgan fingerprint density at radius 3 is 2.54 bits per heavy atom. The first-order valence-electron chi connectivity index (χ1n) is 12.8. The van der Waals surface area contributed by atoms with Crippen LogP contribution in [0.15, 0.2) is 29.6 Å². The summed E-state index contributed by atoms with van der Waals surface area (Å²) in [5, 5.41) is 8.46. The summed E-state index contributed by atoms with van der Waals surface area (Å²) in [5.41, 5.74) is 1.38. The van der Waals surface area contributed by atoms with Crippen LogP contribution in [0.1, 0.15) is 78.6 Å². The highest BCUT2D eigenvalue weighted by Crippen LogP contribution is 2.28. The van der Waals surface area contributed by atoms with E-state index in [1.165, 1.54) is 30.6 Å². The predicted octanol–water partition coefficient (Wildman–Crippen LogP) is 6.79. The molecule has 0 aliphatic heterocycles. The van der Waals surface area contributed by atoms with Crippen LogP contribution in [-0.4, -0.2) is 36.2 Å². The summed E-state index contributed by atoms with van der Waals surface area (Å²) in [4.78, 5) is 28.8. The van der Waals surface area contributed by atoms with Crippen molar-refractivity contribution >= 4 is 28.5 Å². The summed E-state index contributed by atoms with van der Waals surface area (Å²) in [5.74, 6) is 0.697. The molecule has 2 amide bonds. The SMILES string of the molecule is CCOC(=O)C(C)(C)CCCCCOc1ccc(-c2csc(NC(=O)NC3CCCCC3)n2)cc1. The second-order valence-electron chi connectivity index (χ2n) is 9.76. The lowest BCUT2D eigenvalue weighted by Gasteiger charge is -2.22. The second-order valence-corrected chi connectivity index (χ2v) is 10.6. The van der Waals surface area contributed by atoms with Crippen LogP contribution >= 0.6 is 11.3 Å². The van der Waals surface area contributed by atoms with Gasteiger partial charge in [-0.25, -0.2) is 9.78 Å². The van der Waals surface area contributed by atoms with Crippen LogP contribution in [0.4, 0.5) is 9.93 Å². The van der Waals surface area contributed by atoms with E-state index in [9.17, 15) is 9.59 Å². The fourth-order valence-electron chi connectivity index (χ4n) is 4.22. The van der Waals surface area contributed by atoms with E-state index in [1.54, 1.807) is 0 Å². The number of hydrogen-bond acceptors (Lipinski definition) is 6. The van der Waals surface area contributed by atoms with Gasteiger partial charge in [-0.2, -0.15) is 0 Å². The molecule has 35 heavy (non-hydrogen) atoms. The van der Waals surface area contributed by atoms with E-state index in [2.05, 4.69) is 15.6 Å². The van der Waals surface area contributed by atoms with Crippen molar-refractivity contribution in [2.24, 2.45) is 5.41 Å². The number of unbranched alkanes of at least 4 members (excludes halogenated alkanes) is 2. The zero-order valence-corrected chi connectivity index (χ0v) is 22.0. The molecule has 0 atom stereocenters. The minimum absolute atomic E-state index is 0.123. The topological polar surface area (TPSA) is 89.5 Å². The average Bonchev–Trinajstić information content (AvgIpc) is 3.30. The maximum Gasteiger partial charge on any atom is 0.321 e. The fourth-order valence-corrected chi connectivity index (χ4v) is 4.93. The van der Waals surface area contributed by atoms with Crippen LogP contribution < -0.4 is 15.4 Å². The quantitative estimate of drug-likeness (QED) is 0.247. The lowest BCUT2D eigenvalue weighted by molar-refractivity contribution is -0.153. The van der Waals surface area contributed by atoms with Gasteiger partial charge < -0.3 is 14.8 Å². The summed E-state index contributed by atoms with van der Waals surface area (Å²) in [6, 6.07) is 7.96. The van der Waals surface area contributed by atoms with Crippen molar-refractivity contribution in [1.29, 1.82) is 0 Å². The number of amides is 2. The number of thiazole rings is 1. The molecule has 0 bridgehead atoms. The van der Waals surface area contributed by atoms with E-state index in [-0.39, 0.29) is 18.0 Å². The minimum Gasteiger partial charge on any atom is -0.494 e. The molecule has 0 radical (unpaired) electrons. The van der Waals surface area contributed by atoms with Crippen LogP contribution in [0.2, 0.25) is 0 Å². The van der Waals surface area contributed by atoms with E-state index < -0.39 is 5.41 Å². The number of aromatic nitrogens is 1. The van der Waals surface area contributed by atoms with Crippen molar-refractivity contribution < 1.29 is 19.1 Å². The van der Waals surface area contributed by atoms with Gasteiger partial charge in [0.15, 0.2) is 5.13 Å². The lowest BCUT2D eigenvalue weighted by atomic mass is 9.87. The lowest BCUT2D eigenvalue weighted by Crippen LogP contribution is -2.38. The summed E-state index contributed by atoms with van der Waals surface area (Å²) in [7, 11) is 0. The predicted molar refractivity (Wildman–Crippen MR) is 141 cm³/mol. The van der Waals surface area contributed by atoms with E-state index in [0.29, 0.717) is 18.3 Å². The van der Waals surface area contributed by atoms with Gasteiger partial charge in [0.2, 0.25) is 0 Å². The van der Waals surface area contributed by atoms with E-state index in [4.69, 9.17) is 9.47 Å². The Hall–Kier alpha value is -2.61. The molecular weight excluding hydrogens is 462 g/mol. The third kappa shape index (κ3) is 8.84. The molecule has 0 saturated heterocycles. The van der Waals surface area contributed by atoms with Crippen molar-refractivity contribution in [2.75, 3.05) is 18.5 Å². The molecule has 1 fully saturated rings. The largest absolute Gasteiger partial charge is 0.494 e. The molecule has 1 heterocycles. The van der Waals surface area contributed by atoms with Gasteiger partial charge in [-0.1, -0.05) is 32.1 Å². The van der Waals surface area contributed by atoms with E-state index >= 15 is 0 Å². The Kier molecular flexibility index (Phi) is 10.4. The number of nitrogens with one attached hydrogen (secondary N) is 2. The number of benzene rings is 1. The molecule has 7 nitrogen and oxygen atoms in total. The highest BCUT2D eigenvalue weighted by Gasteiger charge is 2.28. The Morgan fingerprint density at radius 1 is 1.09 bits per heavy atom. The highest BCUT2D eigenvalue weighted by molar-refractivity contribution is 7.14. The van der Waals surface area contributed by atoms with Crippen molar-refractivity contribution in [2.45, 2.75) is 84.6 Å². The molecule has 1 saturated carbocycles. The maximum absolute atomic E-state index is 12.2. The molecule has 1 aromatic heterocycles. The Morgan fingerprint density at radius 2 is 1.83 bits per heavy atom. The third-order valence-electron chi connectivity index (χ3n) is 6.36. The number of rotatable bonds is 12. The van der Waals surface area contributed by atoms with Crippen molar-refractivity contribution in [3.05, 3.63) is 29.6 Å². The van der Waals surface area contributed by atoms with Gasteiger partial charge in [0.25, 0.3) is 0 Å². The van der Waals surface area contributed by atoms with Crippen LogP contribution in [0.5, 0.6) is 5.75 Å². The molecule has 0 spiro atoms. The zero-order valence-electron chi connectivity index (χ0n) is 21.2. The third-order valence-corrected chi connectivity index (χ3v) is 7.12. The molecule has 192 valence electrons. The smallest absolute Gasteiger partial charge is 0.321 e. The number of esters is 1. The minimum atomic E-state index is -0.434. The summed E-state index contributed by atoms with van der Waals surface area (Å²) >= 11 is 1.42. The first-order valence-corrected chi connectivity index (χ1v) is 13.7. The molecule has 0 unspecified atom stereocenters. The number of urea groups is 1. The zero-order chi connectivity index (χ0) is 25.1. The summed E-state index contributed by atoms with van der Waals surface area (Å²) in [6.07, 6.45) is 9.45. The molecule has 1 aliphatic carbocycles. The van der Waals surface area contributed by atoms with Crippen LogP contribution in [0.25, 0.3) is 11.3 Å². The van der Waals surface area contributed by atoms with Crippen LogP contribution in [0.3, 0.4) is 0 Å². The second kappa shape index (κ2) is 13.5. The van der Waals surface area contributed by atoms with Crippen molar-refractivity contribution in [3.8, 4) is 17.0 Å². The summed E-state index contributed by atoms with van der Waals surface area (Å²) < 4.78 is 11.0. The van der Waals surface area contributed by atoms with Gasteiger partial charge in [0.1, 0.15) is 5.75 Å². The molecule has 2 aromatic rings. The van der Waals surface area contributed by atoms with Gasteiger partial charge in [0, 0.05) is 17.0 Å². The summed E-state index contributed by atoms with van der Waals surface area (Å²) in [6.45, 7) is 6.78. The average molecular weight is 502 g/mol. The van der Waals surface area contributed by atoms with Crippen molar-refractivity contribution in [3.63, 3.8) is 0 Å². The fraction of sp³-hybridized carbons (Fsp3) is 0.593. The van der Waals surface area contributed by atoms with Crippen LogP contribution in [0, 0.1) is 5.41 Å². The van der Waals surface area contributed by atoms with Crippen molar-refractivity contribution in [1.82, 2.24) is 10.3 Å². The number of anilines is 1. The van der Waals surface area contributed by atoms with E-state index in [0.717, 1.165) is 55.5 Å². The number of hydrogen-bond donors (Lipinski definition) is 2. The van der Waals surface area contributed by atoms with E-state index in [1.807, 2.05) is 50.4 Å². The molecule has 1 aliphatic rings. The Balaban J connectivity index is 1.36. The number of ether oxygens (including phenoxy) is 2. The molecule has 2 N–H and O–H groups in total. The van der Waals surface area contributed by atoms with Gasteiger partial charge in [-0.15, -0.1) is 11.3 Å². The Bertz CT molecular complexity index is 936. The maximum atomic E-state index is 12.2. The first kappa shape index (κ1) is 27.0. The molecule has 8 heteroatoms. The van der Waals surface area contributed by atoms with Gasteiger partial charge >= 0.3 is 12.0 Å². The molecule has 3 rings (SSSR count). The number of carbonyl (C=O) groups is 2. The van der Waals surface area contributed by atoms with Gasteiger partial charge in [-0.3, -0.25) is 10.1 Å². The molecule has 1 aromatic carbocycles. The first-order chi connectivity index (χ1) is 16.9. The van der Waals surface area contributed by atoms with Gasteiger partial charge in [0.05, 0.1) is 24.3 Å². The standard InChI is InChI=1S/C27H39N3O4S/c1-4-33-24(31)27(2,3)17-9-6-10-18-34-22-15-13-20(14-16-22)23-19-35-26(29-23)30-25(32)28-21-11-7-5-8-12-21/h13-16,19,21H,4-12,17-18H2,1-3H3,(H2,28,29,30,32). The number of nitrogens with zero attached hydrogens (tertiary/aromatic N) is 1. The highest BCUT2D eigenvalue weighted by atomic mass is 32.1. The number of carbonyl (C=O) groups excluding carboxylic acids is 2. The van der Waals surface area contributed by atoms with Gasteiger partial charge in [-0.05, 0) is 70.7 Å². The monoisotopic (exact) mass is 501 g/mol. The molecular formula is C27H39N3O4S. The Labute approximate surface area is 213 Å². The van der Waals surface area contributed by atoms with Crippen LogP contribution in [-0.2, 0) is 9.53 Å². The normalized spacial score (nSPS) is 14.4.